The summed E-state index contributed by atoms with van der Waals surface area (Å²) in [7, 11) is 0. The van der Waals surface area contributed by atoms with E-state index in [0.29, 0.717) is 0 Å². The van der Waals surface area contributed by atoms with Crippen LogP contribution in [0, 0.1) is 47.3 Å². The molecule has 0 saturated heterocycles. The molecule has 0 amide bonds. The number of aliphatic hydroxyl groups is 2. The fourth-order valence-corrected chi connectivity index (χ4v) is 1.97. The van der Waals surface area contributed by atoms with Crippen LogP contribution in [-0.2, 0) is 29.1 Å². The van der Waals surface area contributed by atoms with Crippen LogP contribution in [0.15, 0.2) is 23.7 Å². The first-order chi connectivity index (χ1) is 15.1. The number of hydrogen-bond donors (Lipinski definition) is 2. The minimum absolute atomic E-state index is 0. The summed E-state index contributed by atoms with van der Waals surface area (Å²) >= 11 is 0. The third-order valence-electron chi connectivity index (χ3n) is 4.88. The normalized spacial score (nSPS) is 16.2. The van der Waals surface area contributed by atoms with Gasteiger partial charge < -0.3 is 10.2 Å². The van der Waals surface area contributed by atoms with Crippen molar-refractivity contribution in [3.63, 3.8) is 0 Å². The fraction of sp³-hybridized carbons (Fsp3) is 0.667. The van der Waals surface area contributed by atoms with E-state index in [2.05, 4.69) is 25.7 Å². The maximum atomic E-state index is 11.5. The first kappa shape index (κ1) is 38.6. The zero-order valence-electron chi connectivity index (χ0n) is 24.4. The number of rotatable bonds is 2. The Morgan fingerprint density at radius 2 is 0.714 bits per heavy atom. The van der Waals surface area contributed by atoms with Crippen molar-refractivity contribution in [2.24, 2.45) is 21.7 Å². The Bertz CT molecular complexity index is 599. The van der Waals surface area contributed by atoms with Crippen LogP contribution >= 0.6 is 0 Å². The van der Waals surface area contributed by atoms with Gasteiger partial charge in [-0.15, -0.1) is 0 Å². The second-order valence-electron chi connectivity index (χ2n) is 12.9. The van der Waals surface area contributed by atoms with Gasteiger partial charge in [-0.2, -0.15) is 0 Å². The minimum atomic E-state index is -0.417. The van der Waals surface area contributed by atoms with Gasteiger partial charge in [0.1, 0.15) is 11.5 Å². The molecule has 4 nitrogen and oxygen atoms in total. The maximum Gasteiger partial charge on any atom is 0.164 e. The summed E-state index contributed by atoms with van der Waals surface area (Å²) in [5, 5.41) is 19.1. The van der Waals surface area contributed by atoms with E-state index in [1.807, 2.05) is 83.1 Å². The number of aliphatic hydroxyl groups excluding tert-OH is 2. The van der Waals surface area contributed by atoms with Gasteiger partial charge in [-0.1, -0.05) is 83.1 Å². The summed E-state index contributed by atoms with van der Waals surface area (Å²) in [6.45, 7) is 22.2. The summed E-state index contributed by atoms with van der Waals surface area (Å²) in [6.07, 6.45) is 16.7. The van der Waals surface area contributed by atoms with E-state index in [4.69, 9.17) is 0 Å². The molecule has 5 heteroatoms. The zero-order chi connectivity index (χ0) is 27.4. The third kappa shape index (κ3) is 20.9. The number of carbonyl (C=O) groups excluding carboxylic acids is 2. The zero-order valence-corrected chi connectivity index (χ0v) is 26.1. The predicted octanol–water partition coefficient (Wildman–Crippen LogP) is 8.55. The number of ketones is 2. The van der Waals surface area contributed by atoms with Crippen LogP contribution in [0.3, 0.4) is 0 Å². The Morgan fingerprint density at radius 3 is 0.857 bits per heavy atom. The van der Waals surface area contributed by atoms with Crippen molar-refractivity contribution in [3.05, 3.63) is 49.4 Å². The number of carbonyl (C=O) groups is 2. The molecule has 0 aromatic carbocycles. The molecule has 0 spiro atoms. The molecule has 0 bridgehead atoms. The molecule has 1 aliphatic carbocycles. The molecule has 2 N–H and O–H groups in total. The third-order valence-corrected chi connectivity index (χ3v) is 4.88. The van der Waals surface area contributed by atoms with Gasteiger partial charge in [-0.25, -0.2) is 0 Å². The number of hydrogen-bond acceptors (Lipinski definition) is 4. The standard InChI is InChI=1S/2C11H20O2.C8H12.Ru/c2*1-10(2,3)8(12)7-9(13)11(4,5)6;1-2-4-6-8-7-5-3-1;/h2*7,12H,1-6H3;1-2,7-8H,3-6H2;. The second-order valence-corrected chi connectivity index (χ2v) is 12.9. The molecule has 0 atom stereocenters. The van der Waals surface area contributed by atoms with Gasteiger partial charge in [0.25, 0.3) is 0 Å². The molecule has 0 aromatic heterocycles. The van der Waals surface area contributed by atoms with E-state index in [-0.39, 0.29) is 53.4 Å². The van der Waals surface area contributed by atoms with Crippen LogP contribution in [0.1, 0.15) is 109 Å². The summed E-state index contributed by atoms with van der Waals surface area (Å²) in [5.41, 5.74) is -1.53. The van der Waals surface area contributed by atoms with E-state index in [0.717, 1.165) is 0 Å². The van der Waals surface area contributed by atoms with Crippen LogP contribution < -0.4 is 0 Å². The van der Waals surface area contributed by atoms with Crippen LogP contribution in [-0.4, -0.2) is 21.8 Å². The van der Waals surface area contributed by atoms with Gasteiger partial charge in [-0.3, -0.25) is 9.59 Å². The van der Waals surface area contributed by atoms with E-state index < -0.39 is 10.8 Å². The van der Waals surface area contributed by atoms with Crippen molar-refractivity contribution in [2.75, 3.05) is 0 Å². The van der Waals surface area contributed by atoms with E-state index in [9.17, 15) is 19.8 Å². The molecule has 0 aliphatic heterocycles. The minimum Gasteiger partial charge on any atom is -0.512 e. The average molecular weight is 578 g/mol. The monoisotopic (exact) mass is 578 g/mol. The molecule has 1 aliphatic rings. The van der Waals surface area contributed by atoms with E-state index in [1.165, 1.54) is 37.8 Å². The Hall–Kier alpha value is -0.957. The van der Waals surface area contributed by atoms with Gasteiger partial charge in [0.05, 0.1) is 0 Å². The van der Waals surface area contributed by atoms with Gasteiger partial charge in [0, 0.05) is 53.3 Å². The quantitative estimate of drug-likeness (QED) is 0.196. The average Bonchev–Trinajstić information content (AvgIpc) is 2.58. The van der Waals surface area contributed by atoms with Gasteiger partial charge in [0.2, 0.25) is 0 Å². The first-order valence-electron chi connectivity index (χ1n) is 12.3. The van der Waals surface area contributed by atoms with E-state index in [1.54, 1.807) is 0 Å². The van der Waals surface area contributed by atoms with Crippen LogP contribution in [0.4, 0.5) is 0 Å². The SMILES string of the molecule is CC(C)(C)C(=O)C=C(O)C(C)(C)C.CC(C)(C)C(=O)C=C(O)C(C)(C)C.[CH]1[CH]CC[CH][CH]CC1.[Ru]. The molecule has 1 rings (SSSR count). The van der Waals surface area contributed by atoms with E-state index >= 15 is 0 Å². The smallest absolute Gasteiger partial charge is 0.164 e. The summed E-state index contributed by atoms with van der Waals surface area (Å²) < 4.78 is 0. The molecule has 4 radical (unpaired) electrons. The largest absolute Gasteiger partial charge is 0.512 e. The van der Waals surface area contributed by atoms with Crippen molar-refractivity contribution in [1.82, 2.24) is 0 Å². The Kier molecular flexibility index (Phi) is 18.4. The first-order valence-corrected chi connectivity index (χ1v) is 12.3. The topological polar surface area (TPSA) is 74.6 Å². The second kappa shape index (κ2) is 16.7. The van der Waals surface area contributed by atoms with Crippen molar-refractivity contribution in [3.8, 4) is 0 Å². The van der Waals surface area contributed by atoms with Gasteiger partial charge in [0.15, 0.2) is 11.6 Å². The predicted molar refractivity (Wildman–Crippen MR) is 145 cm³/mol. The van der Waals surface area contributed by atoms with Gasteiger partial charge in [-0.05, 0) is 51.4 Å². The Balaban J connectivity index is -0.000000444. The molecule has 0 heterocycles. The maximum absolute atomic E-state index is 11.5. The molecule has 1 fully saturated rings. The molecular weight excluding hydrogens is 525 g/mol. The van der Waals surface area contributed by atoms with Crippen LogP contribution in [0.25, 0.3) is 0 Å². The summed E-state index contributed by atoms with van der Waals surface area (Å²) in [5.74, 6) is 0.208. The fourth-order valence-electron chi connectivity index (χ4n) is 1.97. The van der Waals surface area contributed by atoms with Crippen LogP contribution in [0.2, 0.25) is 0 Å². The molecular formula is C30H52O4Ru. The number of allylic oxidation sites excluding steroid dienone is 4. The van der Waals surface area contributed by atoms with Crippen LogP contribution in [0.5, 0.6) is 0 Å². The molecule has 35 heavy (non-hydrogen) atoms. The molecule has 1 saturated carbocycles. The summed E-state index contributed by atoms with van der Waals surface area (Å²) in [4.78, 5) is 23.0. The Morgan fingerprint density at radius 1 is 0.514 bits per heavy atom. The summed E-state index contributed by atoms with van der Waals surface area (Å²) in [6, 6.07) is 0. The molecule has 204 valence electrons. The van der Waals surface area contributed by atoms with Crippen molar-refractivity contribution in [1.29, 1.82) is 0 Å². The molecule has 0 aromatic rings. The van der Waals surface area contributed by atoms with Gasteiger partial charge >= 0.3 is 0 Å². The molecule has 0 unspecified atom stereocenters. The van der Waals surface area contributed by atoms with Crippen molar-refractivity contribution < 1.29 is 39.3 Å². The van der Waals surface area contributed by atoms with Crippen molar-refractivity contribution >= 4 is 11.6 Å². The Labute approximate surface area is 230 Å². The van der Waals surface area contributed by atoms with Crippen molar-refractivity contribution in [2.45, 2.75) is 109 Å².